The van der Waals surface area contributed by atoms with E-state index in [-0.39, 0.29) is 12.4 Å². The van der Waals surface area contributed by atoms with Crippen LogP contribution in [0.15, 0.2) is 49.3 Å². The van der Waals surface area contributed by atoms with Gasteiger partial charge < -0.3 is 14.5 Å². The molecule has 0 unspecified atom stereocenters. The van der Waals surface area contributed by atoms with Crippen LogP contribution in [-0.2, 0) is 13.0 Å². The van der Waals surface area contributed by atoms with Crippen LogP contribution in [-0.4, -0.2) is 35.6 Å². The molecule has 0 bridgehead atoms. The predicted molar refractivity (Wildman–Crippen MR) is 108 cm³/mol. The molecule has 1 aromatic carbocycles. The Labute approximate surface area is 174 Å². The predicted octanol–water partition coefficient (Wildman–Crippen LogP) is 3.26. The van der Waals surface area contributed by atoms with Crippen LogP contribution in [0.3, 0.4) is 0 Å². The number of nitrogens with one attached hydrogen (secondary N) is 1. The fourth-order valence-electron chi connectivity index (χ4n) is 4.01. The van der Waals surface area contributed by atoms with Crippen molar-refractivity contribution in [2.45, 2.75) is 13.0 Å². The van der Waals surface area contributed by atoms with Crippen molar-refractivity contribution in [2.75, 3.05) is 11.9 Å². The SMILES string of the molecule is Fc1cc(-c2cnc(NCc3c(F)ccc4c3CCO4)n3cnnc23)c2nccn2c1. The number of rotatable bonds is 4. The highest BCUT2D eigenvalue weighted by molar-refractivity contribution is 5.86. The molecule has 4 aromatic heterocycles. The third-order valence-corrected chi connectivity index (χ3v) is 5.44. The van der Waals surface area contributed by atoms with Gasteiger partial charge in [0.2, 0.25) is 5.95 Å². The molecule has 0 amide bonds. The summed E-state index contributed by atoms with van der Waals surface area (Å²) < 4.78 is 37.4. The van der Waals surface area contributed by atoms with Gasteiger partial charge in [-0.1, -0.05) is 0 Å². The minimum absolute atomic E-state index is 0.225. The molecule has 154 valence electrons. The summed E-state index contributed by atoms with van der Waals surface area (Å²) >= 11 is 0. The van der Waals surface area contributed by atoms with E-state index in [0.717, 1.165) is 5.56 Å². The van der Waals surface area contributed by atoms with Gasteiger partial charge in [-0.05, 0) is 18.2 Å². The number of ether oxygens (including phenoxy) is 1. The molecule has 1 aliphatic rings. The molecule has 0 fully saturated rings. The first-order valence-electron chi connectivity index (χ1n) is 9.67. The second kappa shape index (κ2) is 6.73. The second-order valence-electron chi connectivity index (χ2n) is 7.20. The molecule has 5 aromatic rings. The molecule has 1 N–H and O–H groups in total. The van der Waals surface area contributed by atoms with Gasteiger partial charge in [0.1, 0.15) is 29.4 Å². The quantitative estimate of drug-likeness (QED) is 0.482. The Balaban J connectivity index is 1.41. The number of anilines is 1. The van der Waals surface area contributed by atoms with E-state index < -0.39 is 5.82 Å². The topological polar surface area (TPSA) is 81.6 Å². The molecule has 0 atom stereocenters. The molecule has 0 aliphatic carbocycles. The molecule has 31 heavy (non-hydrogen) atoms. The largest absolute Gasteiger partial charge is 0.493 e. The highest BCUT2D eigenvalue weighted by atomic mass is 19.1. The van der Waals surface area contributed by atoms with Gasteiger partial charge in [0, 0.05) is 60.0 Å². The first kappa shape index (κ1) is 17.8. The van der Waals surface area contributed by atoms with Gasteiger partial charge >= 0.3 is 0 Å². The molecule has 5 heterocycles. The third-order valence-electron chi connectivity index (χ3n) is 5.44. The van der Waals surface area contributed by atoms with Crippen LogP contribution in [0.5, 0.6) is 5.75 Å². The zero-order valence-corrected chi connectivity index (χ0v) is 16.1. The van der Waals surface area contributed by atoms with Gasteiger partial charge in [-0.2, -0.15) is 0 Å². The minimum Gasteiger partial charge on any atom is -0.493 e. The van der Waals surface area contributed by atoms with Gasteiger partial charge in [0.25, 0.3) is 0 Å². The molecule has 0 radical (unpaired) electrons. The van der Waals surface area contributed by atoms with Crippen molar-refractivity contribution in [1.29, 1.82) is 0 Å². The van der Waals surface area contributed by atoms with Crippen LogP contribution in [0.1, 0.15) is 11.1 Å². The number of pyridine rings is 1. The molecule has 6 rings (SSSR count). The van der Waals surface area contributed by atoms with Crippen LogP contribution in [0.25, 0.3) is 22.4 Å². The van der Waals surface area contributed by atoms with E-state index in [9.17, 15) is 8.78 Å². The smallest absolute Gasteiger partial charge is 0.210 e. The normalized spacial score (nSPS) is 13.0. The van der Waals surface area contributed by atoms with Gasteiger partial charge in [-0.3, -0.25) is 4.40 Å². The van der Waals surface area contributed by atoms with E-state index in [1.54, 1.807) is 33.5 Å². The fraction of sp³-hybridized carbons (Fsp3) is 0.143. The third kappa shape index (κ3) is 2.79. The van der Waals surface area contributed by atoms with E-state index in [0.29, 0.717) is 52.7 Å². The summed E-state index contributed by atoms with van der Waals surface area (Å²) in [6.45, 7) is 0.771. The van der Waals surface area contributed by atoms with Crippen LogP contribution >= 0.6 is 0 Å². The van der Waals surface area contributed by atoms with Crippen molar-refractivity contribution in [3.8, 4) is 16.9 Å². The van der Waals surface area contributed by atoms with Crippen molar-refractivity contribution in [3.05, 3.63) is 72.1 Å². The Hall–Kier alpha value is -4.08. The van der Waals surface area contributed by atoms with Crippen LogP contribution in [0.4, 0.5) is 14.7 Å². The highest BCUT2D eigenvalue weighted by Crippen LogP contribution is 2.31. The number of hydrogen-bond acceptors (Lipinski definition) is 6. The van der Waals surface area contributed by atoms with Crippen molar-refractivity contribution >= 4 is 17.2 Å². The van der Waals surface area contributed by atoms with Crippen LogP contribution in [0.2, 0.25) is 0 Å². The second-order valence-corrected chi connectivity index (χ2v) is 7.20. The van der Waals surface area contributed by atoms with Gasteiger partial charge in [0.15, 0.2) is 5.65 Å². The Bertz CT molecular complexity index is 1460. The number of nitrogens with zero attached hydrogens (tertiary/aromatic N) is 6. The maximum absolute atomic E-state index is 14.5. The lowest BCUT2D eigenvalue weighted by Gasteiger charge is -2.13. The standard InChI is InChI=1S/C21H15F2N7O/c22-12-7-14(19-24-4-5-29(19)10-12)16-9-26-21(30-11-27-28-20(16)30)25-8-15-13-3-6-31-18(13)2-1-17(15)23/h1-2,4-5,7,9-11H,3,6,8H2,(H,25,26). The molecule has 1 aliphatic heterocycles. The summed E-state index contributed by atoms with van der Waals surface area (Å²) in [4.78, 5) is 8.78. The lowest BCUT2D eigenvalue weighted by molar-refractivity contribution is 0.356. The Morgan fingerprint density at radius 1 is 1.13 bits per heavy atom. The molecule has 0 saturated carbocycles. The van der Waals surface area contributed by atoms with Crippen molar-refractivity contribution in [2.24, 2.45) is 0 Å². The average Bonchev–Trinajstić information content (AvgIpc) is 3.52. The van der Waals surface area contributed by atoms with Crippen molar-refractivity contribution in [1.82, 2.24) is 29.0 Å². The summed E-state index contributed by atoms with van der Waals surface area (Å²) in [5.74, 6) is 0.451. The summed E-state index contributed by atoms with van der Waals surface area (Å²) in [6, 6.07) is 4.46. The summed E-state index contributed by atoms with van der Waals surface area (Å²) in [5.41, 5.74) is 3.60. The Morgan fingerprint density at radius 3 is 3.00 bits per heavy atom. The van der Waals surface area contributed by atoms with E-state index in [4.69, 9.17) is 4.74 Å². The van der Waals surface area contributed by atoms with E-state index >= 15 is 0 Å². The maximum atomic E-state index is 14.5. The van der Waals surface area contributed by atoms with Gasteiger partial charge in [0.05, 0.1) is 6.61 Å². The average molecular weight is 419 g/mol. The number of halogens is 2. The monoisotopic (exact) mass is 419 g/mol. The molecule has 10 heteroatoms. The number of aromatic nitrogens is 6. The Kier molecular flexibility index (Phi) is 3.85. The summed E-state index contributed by atoms with van der Waals surface area (Å²) in [7, 11) is 0. The molecule has 0 spiro atoms. The zero-order chi connectivity index (χ0) is 20.9. The van der Waals surface area contributed by atoms with E-state index in [1.165, 1.54) is 24.7 Å². The maximum Gasteiger partial charge on any atom is 0.210 e. The van der Waals surface area contributed by atoms with Gasteiger partial charge in [-0.15, -0.1) is 10.2 Å². The first-order chi connectivity index (χ1) is 15.2. The van der Waals surface area contributed by atoms with Gasteiger partial charge in [-0.25, -0.2) is 18.7 Å². The Morgan fingerprint density at radius 2 is 2.06 bits per heavy atom. The lowest BCUT2D eigenvalue weighted by Crippen LogP contribution is -2.10. The van der Waals surface area contributed by atoms with E-state index in [1.807, 2.05) is 0 Å². The molecule has 8 nitrogen and oxygen atoms in total. The summed E-state index contributed by atoms with van der Waals surface area (Å²) in [5, 5.41) is 11.3. The van der Waals surface area contributed by atoms with Crippen molar-refractivity contribution < 1.29 is 13.5 Å². The minimum atomic E-state index is -0.406. The molecular formula is C21H15F2N7O. The zero-order valence-electron chi connectivity index (χ0n) is 16.1. The van der Waals surface area contributed by atoms with Crippen molar-refractivity contribution in [3.63, 3.8) is 0 Å². The fourth-order valence-corrected chi connectivity index (χ4v) is 4.01. The molecule has 0 saturated heterocycles. The van der Waals surface area contributed by atoms with Crippen LogP contribution < -0.4 is 10.1 Å². The first-order valence-corrected chi connectivity index (χ1v) is 9.67. The number of imidazole rings is 1. The lowest BCUT2D eigenvalue weighted by atomic mass is 10.0. The van der Waals surface area contributed by atoms with E-state index in [2.05, 4.69) is 25.5 Å². The highest BCUT2D eigenvalue weighted by Gasteiger charge is 2.20. The molecular weight excluding hydrogens is 404 g/mol. The number of fused-ring (bicyclic) bond motifs is 3. The van der Waals surface area contributed by atoms with Crippen LogP contribution in [0, 0.1) is 11.6 Å². The number of hydrogen-bond donors (Lipinski definition) is 1. The number of benzene rings is 1. The summed E-state index contributed by atoms with van der Waals surface area (Å²) in [6.07, 6.45) is 8.38.